The van der Waals surface area contributed by atoms with Crippen LogP contribution >= 0.6 is 0 Å². The molecule has 0 saturated carbocycles. The number of aromatic nitrogens is 4. The Bertz CT molecular complexity index is 1420. The van der Waals surface area contributed by atoms with Crippen LogP contribution < -0.4 is 15.5 Å². The minimum atomic E-state index is -0.532. The van der Waals surface area contributed by atoms with Gasteiger partial charge in [0.1, 0.15) is 11.4 Å². The smallest absolute Gasteiger partial charge is 0.247 e. The van der Waals surface area contributed by atoms with Gasteiger partial charge in [0, 0.05) is 49.2 Å². The highest BCUT2D eigenvalue weighted by molar-refractivity contribution is 5.99. The number of piperazine rings is 1. The summed E-state index contributed by atoms with van der Waals surface area (Å²) in [5.74, 6) is -0.827. The molecule has 1 aliphatic heterocycles. The first-order valence-electron chi connectivity index (χ1n) is 11.4. The highest BCUT2D eigenvalue weighted by Crippen LogP contribution is 2.35. The van der Waals surface area contributed by atoms with Gasteiger partial charge in [0.25, 0.3) is 0 Å². The van der Waals surface area contributed by atoms with Gasteiger partial charge in [-0.1, -0.05) is 18.7 Å². The van der Waals surface area contributed by atoms with E-state index in [1.807, 2.05) is 18.0 Å². The van der Waals surface area contributed by atoms with Gasteiger partial charge < -0.3 is 25.5 Å². The van der Waals surface area contributed by atoms with Crippen molar-refractivity contribution < 1.29 is 14.3 Å². The highest BCUT2D eigenvalue weighted by atomic mass is 19.1. The number of carbonyl (C=O) groups excluding carboxylic acids is 1. The van der Waals surface area contributed by atoms with Crippen molar-refractivity contribution in [3.8, 4) is 17.0 Å². The molecular formula is C25H25FN8O2. The lowest BCUT2D eigenvalue weighted by molar-refractivity contribution is -0.111. The van der Waals surface area contributed by atoms with Crippen molar-refractivity contribution >= 4 is 40.0 Å². The number of halogens is 1. The number of aromatic hydroxyl groups is 1. The molecule has 2 aromatic heterocycles. The number of hydrogen-bond donors (Lipinski definition) is 4. The number of phenolic OH excluding ortho intramolecular Hbond substituents is 1. The van der Waals surface area contributed by atoms with Crippen molar-refractivity contribution in [3.63, 3.8) is 0 Å². The summed E-state index contributed by atoms with van der Waals surface area (Å²) in [6.45, 7) is 6.30. The number of rotatable bonds is 6. The third kappa shape index (κ3) is 4.68. The Morgan fingerprint density at radius 3 is 2.72 bits per heavy atom. The number of nitrogens with one attached hydrogen (secondary N) is 3. The average molecular weight is 489 g/mol. The van der Waals surface area contributed by atoms with Crippen LogP contribution in [0.15, 0.2) is 55.3 Å². The molecule has 1 fully saturated rings. The van der Waals surface area contributed by atoms with E-state index in [0.29, 0.717) is 46.8 Å². The maximum Gasteiger partial charge on any atom is 0.247 e. The average Bonchev–Trinajstić information content (AvgIpc) is 3.33. The summed E-state index contributed by atoms with van der Waals surface area (Å²) >= 11 is 0. The molecular weight excluding hydrogens is 463 g/mol. The van der Waals surface area contributed by atoms with Crippen LogP contribution in [0.1, 0.15) is 0 Å². The zero-order chi connectivity index (χ0) is 25.2. The lowest BCUT2D eigenvalue weighted by atomic mass is 10.1. The summed E-state index contributed by atoms with van der Waals surface area (Å²) in [6.07, 6.45) is 2.80. The first-order chi connectivity index (χ1) is 17.4. The van der Waals surface area contributed by atoms with Crippen molar-refractivity contribution in [3.05, 3.63) is 61.1 Å². The van der Waals surface area contributed by atoms with Crippen LogP contribution in [0.3, 0.4) is 0 Å². The van der Waals surface area contributed by atoms with Crippen LogP contribution in [0.25, 0.3) is 22.3 Å². The summed E-state index contributed by atoms with van der Waals surface area (Å²) in [7, 11) is 2.01. The summed E-state index contributed by atoms with van der Waals surface area (Å²) < 4.78 is 15.1. The number of aromatic amines is 1. The zero-order valence-electron chi connectivity index (χ0n) is 19.6. The molecule has 36 heavy (non-hydrogen) atoms. The predicted octanol–water partition coefficient (Wildman–Crippen LogP) is 3.48. The lowest BCUT2D eigenvalue weighted by Crippen LogP contribution is -2.44. The quantitative estimate of drug-likeness (QED) is 0.304. The van der Waals surface area contributed by atoms with E-state index in [9.17, 15) is 9.90 Å². The molecule has 0 atom stereocenters. The molecule has 184 valence electrons. The molecule has 5 rings (SSSR count). The Kier molecular flexibility index (Phi) is 6.21. The van der Waals surface area contributed by atoms with Crippen LogP contribution in [0.4, 0.5) is 27.4 Å². The standard InChI is InChI=1S/C25H25FN8O2/c1-3-21(36)28-16-6-4-5-15(11-16)22-18-14-27-32-24(18)31-25(30-22)29-17-12-19(26)23(20(35)13-17)34-9-7-33(2)8-10-34/h3-6,11-14,35H,1,7-10H2,2H3,(H,28,36)(H2,27,29,30,31,32). The van der Waals surface area contributed by atoms with Gasteiger partial charge in [-0.2, -0.15) is 10.1 Å². The highest BCUT2D eigenvalue weighted by Gasteiger charge is 2.22. The summed E-state index contributed by atoms with van der Waals surface area (Å²) in [5.41, 5.74) is 2.82. The van der Waals surface area contributed by atoms with Gasteiger partial charge in [-0.15, -0.1) is 0 Å². The van der Waals surface area contributed by atoms with Crippen molar-refractivity contribution in [1.82, 2.24) is 25.1 Å². The normalized spacial score (nSPS) is 14.1. The molecule has 3 heterocycles. The number of carbonyl (C=O) groups is 1. The Hall–Kier alpha value is -4.51. The SMILES string of the molecule is C=CC(=O)Nc1cccc(-c2nc(Nc3cc(O)c(N4CCN(C)CC4)c(F)c3)nc3[nH]ncc23)c1. The molecule has 4 N–H and O–H groups in total. The number of nitrogens with zero attached hydrogens (tertiary/aromatic N) is 5. The Morgan fingerprint density at radius 1 is 1.17 bits per heavy atom. The molecule has 2 aromatic carbocycles. The second-order valence-corrected chi connectivity index (χ2v) is 8.54. The van der Waals surface area contributed by atoms with Gasteiger partial charge >= 0.3 is 0 Å². The molecule has 1 aliphatic rings. The first kappa shape index (κ1) is 23.2. The Labute approximate surface area is 206 Å². The number of anilines is 4. The maximum absolute atomic E-state index is 15.1. The number of benzene rings is 2. The molecule has 10 nitrogen and oxygen atoms in total. The van der Waals surface area contributed by atoms with Crippen LogP contribution in [-0.4, -0.2) is 69.3 Å². The van der Waals surface area contributed by atoms with Gasteiger partial charge in [-0.3, -0.25) is 9.89 Å². The molecule has 11 heteroatoms. The second-order valence-electron chi connectivity index (χ2n) is 8.54. The monoisotopic (exact) mass is 488 g/mol. The van der Waals surface area contributed by atoms with Gasteiger partial charge in [0.2, 0.25) is 11.9 Å². The minimum absolute atomic E-state index is 0.157. The van der Waals surface area contributed by atoms with Gasteiger partial charge in [-0.25, -0.2) is 9.37 Å². The number of amides is 1. The van der Waals surface area contributed by atoms with E-state index in [-0.39, 0.29) is 23.3 Å². The number of likely N-dealkylation sites (N-methyl/N-ethyl adjacent to an activating group) is 1. The molecule has 1 amide bonds. The molecule has 0 spiro atoms. The van der Waals surface area contributed by atoms with Crippen molar-refractivity contribution in [2.24, 2.45) is 0 Å². The maximum atomic E-state index is 15.1. The third-order valence-corrected chi connectivity index (χ3v) is 6.02. The van der Waals surface area contributed by atoms with E-state index in [1.165, 1.54) is 18.2 Å². The number of hydrogen-bond acceptors (Lipinski definition) is 8. The molecule has 4 aromatic rings. The largest absolute Gasteiger partial charge is 0.506 e. The molecule has 0 unspecified atom stereocenters. The number of phenols is 1. The van der Waals surface area contributed by atoms with Crippen LogP contribution in [-0.2, 0) is 4.79 Å². The summed E-state index contributed by atoms with van der Waals surface area (Å²) in [5, 5.41) is 23.9. The zero-order valence-corrected chi connectivity index (χ0v) is 19.6. The fraction of sp³-hybridized carbons (Fsp3) is 0.200. The van der Waals surface area contributed by atoms with E-state index < -0.39 is 5.82 Å². The van der Waals surface area contributed by atoms with Crippen molar-refractivity contribution in [2.75, 3.05) is 48.8 Å². The number of H-pyrrole nitrogens is 1. The lowest BCUT2D eigenvalue weighted by Gasteiger charge is -2.34. The molecule has 0 aliphatic carbocycles. The second kappa shape index (κ2) is 9.62. The Morgan fingerprint density at radius 2 is 1.97 bits per heavy atom. The number of fused-ring (bicyclic) bond motifs is 1. The minimum Gasteiger partial charge on any atom is -0.506 e. The van der Waals surface area contributed by atoms with E-state index >= 15 is 4.39 Å². The summed E-state index contributed by atoms with van der Waals surface area (Å²) in [6, 6.07) is 9.95. The van der Waals surface area contributed by atoms with Gasteiger partial charge in [0.05, 0.1) is 17.3 Å². The molecule has 0 radical (unpaired) electrons. The predicted molar refractivity (Wildman–Crippen MR) is 137 cm³/mol. The third-order valence-electron chi connectivity index (χ3n) is 6.02. The van der Waals surface area contributed by atoms with Gasteiger partial charge in [-0.05, 0) is 31.3 Å². The fourth-order valence-corrected chi connectivity index (χ4v) is 4.18. The molecule has 1 saturated heterocycles. The van der Waals surface area contributed by atoms with E-state index in [2.05, 4.69) is 42.3 Å². The van der Waals surface area contributed by atoms with Crippen LogP contribution in [0, 0.1) is 5.82 Å². The summed E-state index contributed by atoms with van der Waals surface area (Å²) in [4.78, 5) is 24.8. The van der Waals surface area contributed by atoms with Gasteiger partial charge in [0.15, 0.2) is 11.5 Å². The fourth-order valence-electron chi connectivity index (χ4n) is 4.18. The van der Waals surface area contributed by atoms with Crippen molar-refractivity contribution in [1.29, 1.82) is 0 Å². The molecule has 0 bridgehead atoms. The van der Waals surface area contributed by atoms with Crippen molar-refractivity contribution in [2.45, 2.75) is 0 Å². The van der Waals surface area contributed by atoms with E-state index in [0.717, 1.165) is 13.1 Å². The van der Waals surface area contributed by atoms with Crippen LogP contribution in [0.2, 0.25) is 0 Å². The first-order valence-corrected chi connectivity index (χ1v) is 11.4. The van der Waals surface area contributed by atoms with Crippen LogP contribution in [0.5, 0.6) is 5.75 Å². The van der Waals surface area contributed by atoms with E-state index in [1.54, 1.807) is 24.4 Å². The topological polar surface area (TPSA) is 122 Å². The Balaban J connectivity index is 1.46. The van der Waals surface area contributed by atoms with E-state index in [4.69, 9.17) is 0 Å².